The van der Waals surface area contributed by atoms with Crippen LogP contribution in [-0.4, -0.2) is 71.2 Å². The van der Waals surface area contributed by atoms with Crippen molar-refractivity contribution < 1.29 is 14.2 Å². The van der Waals surface area contributed by atoms with E-state index in [0.29, 0.717) is 12.1 Å². The van der Waals surface area contributed by atoms with Gasteiger partial charge in [-0.1, -0.05) is 6.07 Å². The van der Waals surface area contributed by atoms with Gasteiger partial charge in [0.2, 0.25) is 0 Å². The fraction of sp³-hybridized carbons (Fsp3) is 0.696. The van der Waals surface area contributed by atoms with Gasteiger partial charge in [0.05, 0.1) is 13.2 Å². The second kappa shape index (κ2) is 14.7. The van der Waals surface area contributed by atoms with Crippen LogP contribution < -0.4 is 20.3 Å². The van der Waals surface area contributed by atoms with Gasteiger partial charge in [-0.3, -0.25) is 4.99 Å². The highest BCUT2D eigenvalue weighted by Crippen LogP contribution is 2.24. The summed E-state index contributed by atoms with van der Waals surface area (Å²) in [6, 6.07) is 8.69. The molecule has 0 aliphatic carbocycles. The minimum atomic E-state index is 0. The second-order valence-electron chi connectivity index (χ2n) is 7.93. The summed E-state index contributed by atoms with van der Waals surface area (Å²) in [6.45, 7) is 8.18. The van der Waals surface area contributed by atoms with Gasteiger partial charge >= 0.3 is 0 Å². The quantitative estimate of drug-likeness (QED) is 0.214. The van der Waals surface area contributed by atoms with Crippen molar-refractivity contribution in [3.8, 4) is 5.75 Å². The number of nitrogens with one attached hydrogen (secondary N) is 2. The summed E-state index contributed by atoms with van der Waals surface area (Å²) in [4.78, 5) is 7.19. The summed E-state index contributed by atoms with van der Waals surface area (Å²) in [5.41, 5.74) is 1.22. The number of hydrogen-bond acceptors (Lipinski definition) is 5. The van der Waals surface area contributed by atoms with Gasteiger partial charge in [0.1, 0.15) is 5.75 Å². The van der Waals surface area contributed by atoms with Crippen LogP contribution in [-0.2, 0) is 9.47 Å². The molecule has 2 heterocycles. The highest BCUT2D eigenvalue weighted by molar-refractivity contribution is 14.0. The van der Waals surface area contributed by atoms with Gasteiger partial charge in [-0.2, -0.15) is 0 Å². The maximum atomic E-state index is 5.95. The molecule has 8 heteroatoms. The Morgan fingerprint density at radius 1 is 1.26 bits per heavy atom. The molecule has 2 N–H and O–H groups in total. The molecule has 0 spiro atoms. The Balaban J connectivity index is 0.00000341. The van der Waals surface area contributed by atoms with E-state index in [4.69, 9.17) is 19.2 Å². The molecule has 2 fully saturated rings. The minimum Gasteiger partial charge on any atom is -0.497 e. The van der Waals surface area contributed by atoms with E-state index in [2.05, 4.69) is 40.7 Å². The summed E-state index contributed by atoms with van der Waals surface area (Å²) in [5, 5.41) is 7.02. The normalized spacial score (nSPS) is 20.1. The van der Waals surface area contributed by atoms with Gasteiger partial charge in [-0.25, -0.2) is 0 Å². The summed E-state index contributed by atoms with van der Waals surface area (Å²) >= 11 is 0. The number of nitrogens with zero attached hydrogens (tertiary/aromatic N) is 2. The van der Waals surface area contributed by atoms with E-state index in [1.54, 1.807) is 7.11 Å². The zero-order chi connectivity index (χ0) is 21.0. The van der Waals surface area contributed by atoms with Crippen LogP contribution in [0.3, 0.4) is 0 Å². The molecule has 2 saturated heterocycles. The number of anilines is 1. The van der Waals surface area contributed by atoms with Crippen LogP contribution in [0.1, 0.15) is 39.0 Å². The summed E-state index contributed by atoms with van der Waals surface area (Å²) in [6.07, 6.45) is 5.64. The average molecular weight is 546 g/mol. The molecule has 0 amide bonds. The van der Waals surface area contributed by atoms with Crippen LogP contribution in [0.4, 0.5) is 5.69 Å². The zero-order valence-corrected chi connectivity index (χ0v) is 21.3. The van der Waals surface area contributed by atoms with Crippen molar-refractivity contribution in [2.45, 2.75) is 51.2 Å². The van der Waals surface area contributed by atoms with Gasteiger partial charge in [-0.05, 0) is 51.2 Å². The lowest BCUT2D eigenvalue weighted by Crippen LogP contribution is -2.51. The van der Waals surface area contributed by atoms with Gasteiger partial charge in [0.25, 0.3) is 0 Å². The predicted octanol–water partition coefficient (Wildman–Crippen LogP) is 3.42. The van der Waals surface area contributed by atoms with E-state index in [1.807, 2.05) is 6.07 Å². The number of rotatable bonds is 9. The van der Waals surface area contributed by atoms with E-state index >= 15 is 0 Å². The van der Waals surface area contributed by atoms with Gasteiger partial charge < -0.3 is 29.7 Å². The van der Waals surface area contributed by atoms with Crippen LogP contribution in [0, 0.1) is 0 Å². The first kappa shape index (κ1) is 26.0. The van der Waals surface area contributed by atoms with E-state index in [-0.39, 0.29) is 24.0 Å². The van der Waals surface area contributed by atoms with E-state index in [1.165, 1.54) is 5.69 Å². The molecule has 0 bridgehead atoms. The summed E-state index contributed by atoms with van der Waals surface area (Å²) in [5.74, 6) is 1.81. The van der Waals surface area contributed by atoms with Crippen molar-refractivity contribution in [3.05, 3.63) is 24.3 Å². The molecule has 0 saturated carbocycles. The van der Waals surface area contributed by atoms with Crippen molar-refractivity contribution in [1.82, 2.24) is 10.6 Å². The number of aliphatic imine (C=N–C) groups is 1. The summed E-state index contributed by atoms with van der Waals surface area (Å²) < 4.78 is 16.7. The van der Waals surface area contributed by atoms with Crippen LogP contribution >= 0.6 is 24.0 Å². The molecule has 1 aromatic carbocycles. The maximum absolute atomic E-state index is 5.95. The Hall–Kier alpha value is -1.26. The number of halogens is 1. The Kier molecular flexibility index (Phi) is 12.4. The molecule has 1 atom stereocenters. The number of methoxy groups -OCH3 is 1. The monoisotopic (exact) mass is 546 g/mol. The predicted molar refractivity (Wildman–Crippen MR) is 137 cm³/mol. The van der Waals surface area contributed by atoms with Crippen LogP contribution in [0.15, 0.2) is 29.3 Å². The van der Waals surface area contributed by atoms with Crippen LogP contribution in [0.5, 0.6) is 5.75 Å². The van der Waals surface area contributed by atoms with Gasteiger partial charge in [-0.15, -0.1) is 24.0 Å². The molecule has 2 aliphatic heterocycles. The largest absolute Gasteiger partial charge is 0.497 e. The van der Waals surface area contributed by atoms with Crippen molar-refractivity contribution in [3.63, 3.8) is 0 Å². The van der Waals surface area contributed by atoms with Gasteiger partial charge in [0.15, 0.2) is 5.96 Å². The highest BCUT2D eigenvalue weighted by Gasteiger charge is 2.21. The van der Waals surface area contributed by atoms with E-state index in [0.717, 1.165) is 89.8 Å². The zero-order valence-electron chi connectivity index (χ0n) is 19.0. The molecule has 31 heavy (non-hydrogen) atoms. The first-order chi connectivity index (χ1) is 14.8. The fourth-order valence-corrected chi connectivity index (χ4v) is 4.00. The standard InChI is InChI=1S/C23H38N4O3.HI/c1-3-24-23(25-12-6-14-30-21-10-15-29-16-11-21)26-19-7-5-13-27(18-19)20-8-4-9-22(17-20)28-2;/h4,8-9,17,19,21H,3,5-7,10-16,18H2,1-2H3,(H2,24,25,26);1H. The number of piperidine rings is 1. The molecule has 1 unspecified atom stereocenters. The number of ether oxygens (including phenoxy) is 3. The molecular weight excluding hydrogens is 507 g/mol. The minimum absolute atomic E-state index is 0. The van der Waals surface area contributed by atoms with E-state index in [9.17, 15) is 0 Å². The third-order valence-corrected chi connectivity index (χ3v) is 5.62. The number of hydrogen-bond donors (Lipinski definition) is 2. The number of guanidine groups is 1. The number of benzene rings is 1. The van der Waals surface area contributed by atoms with E-state index < -0.39 is 0 Å². The fourth-order valence-electron chi connectivity index (χ4n) is 4.00. The first-order valence-electron chi connectivity index (χ1n) is 11.4. The molecule has 0 aromatic heterocycles. The molecule has 1 aromatic rings. The van der Waals surface area contributed by atoms with Gasteiger partial charge in [0, 0.05) is 63.8 Å². The lowest BCUT2D eigenvalue weighted by Gasteiger charge is -2.35. The lowest BCUT2D eigenvalue weighted by molar-refractivity contribution is -0.0318. The summed E-state index contributed by atoms with van der Waals surface area (Å²) in [7, 11) is 1.72. The van der Waals surface area contributed by atoms with Crippen molar-refractivity contribution in [2.24, 2.45) is 4.99 Å². The Labute approximate surface area is 204 Å². The molecule has 3 rings (SSSR count). The Morgan fingerprint density at radius 3 is 2.87 bits per heavy atom. The highest BCUT2D eigenvalue weighted by atomic mass is 127. The average Bonchev–Trinajstić information content (AvgIpc) is 2.80. The molecule has 0 radical (unpaired) electrons. The molecular formula is C23H39IN4O3. The molecule has 176 valence electrons. The second-order valence-corrected chi connectivity index (χ2v) is 7.93. The lowest BCUT2D eigenvalue weighted by atomic mass is 10.0. The topological polar surface area (TPSA) is 67.4 Å². The third kappa shape index (κ3) is 9.02. The van der Waals surface area contributed by atoms with Crippen molar-refractivity contribution >= 4 is 35.6 Å². The maximum Gasteiger partial charge on any atom is 0.191 e. The van der Waals surface area contributed by atoms with Crippen LogP contribution in [0.25, 0.3) is 0 Å². The SMILES string of the molecule is CCNC(=NCCCOC1CCOCC1)NC1CCCN(c2cccc(OC)c2)C1.I. The first-order valence-corrected chi connectivity index (χ1v) is 11.4. The van der Waals surface area contributed by atoms with Crippen molar-refractivity contribution in [1.29, 1.82) is 0 Å². The molecule has 7 nitrogen and oxygen atoms in total. The smallest absolute Gasteiger partial charge is 0.191 e. The Bertz CT molecular complexity index is 655. The molecule has 2 aliphatic rings. The third-order valence-electron chi connectivity index (χ3n) is 5.62. The Morgan fingerprint density at radius 2 is 2.10 bits per heavy atom. The van der Waals surface area contributed by atoms with Crippen molar-refractivity contribution in [2.75, 3.05) is 58.0 Å². The van der Waals surface area contributed by atoms with Crippen LogP contribution in [0.2, 0.25) is 0 Å².